The van der Waals surface area contributed by atoms with Crippen LogP contribution in [-0.2, 0) is 11.3 Å². The van der Waals surface area contributed by atoms with Crippen molar-refractivity contribution in [2.24, 2.45) is 5.92 Å². The lowest BCUT2D eigenvalue weighted by Gasteiger charge is -2.07. The summed E-state index contributed by atoms with van der Waals surface area (Å²) in [5, 5.41) is 3.71. The van der Waals surface area contributed by atoms with E-state index in [0.717, 1.165) is 10.9 Å². The van der Waals surface area contributed by atoms with Gasteiger partial charge >= 0.3 is 0 Å². The van der Waals surface area contributed by atoms with Gasteiger partial charge in [0.1, 0.15) is 0 Å². The predicted octanol–water partition coefficient (Wildman–Crippen LogP) is 1.80. The summed E-state index contributed by atoms with van der Waals surface area (Å²) in [5.41, 5.74) is 1.22. The van der Waals surface area contributed by atoms with Gasteiger partial charge < -0.3 is 10.3 Å². The van der Waals surface area contributed by atoms with E-state index in [0.29, 0.717) is 5.56 Å². The molecule has 0 atom stereocenters. The van der Waals surface area contributed by atoms with Crippen molar-refractivity contribution in [3.8, 4) is 0 Å². The molecule has 0 unspecified atom stereocenters. The normalized spacial score (nSPS) is 10.8. The van der Waals surface area contributed by atoms with Crippen molar-refractivity contribution in [1.82, 2.24) is 10.3 Å². The lowest BCUT2D eigenvalue weighted by molar-refractivity contribution is -0.124. The van der Waals surface area contributed by atoms with E-state index in [1.807, 2.05) is 44.2 Å². The molecule has 4 heteroatoms. The molecule has 2 N–H and O–H groups in total. The van der Waals surface area contributed by atoms with Crippen LogP contribution in [0.2, 0.25) is 0 Å². The third-order valence-electron chi connectivity index (χ3n) is 2.81. The first kappa shape index (κ1) is 12.4. The number of nitrogens with one attached hydrogen (secondary N) is 2. The molecule has 1 aromatic carbocycles. The molecule has 0 spiro atoms. The molecule has 4 nitrogen and oxygen atoms in total. The molecule has 1 amide bonds. The number of aromatic nitrogens is 1. The van der Waals surface area contributed by atoms with Crippen molar-refractivity contribution in [2.45, 2.75) is 20.4 Å². The van der Waals surface area contributed by atoms with Crippen LogP contribution in [0.15, 0.2) is 35.1 Å². The Hall–Kier alpha value is -2.10. The molecule has 0 aliphatic carbocycles. The van der Waals surface area contributed by atoms with Crippen LogP contribution in [0.3, 0.4) is 0 Å². The molecule has 0 aliphatic heterocycles. The number of benzene rings is 1. The van der Waals surface area contributed by atoms with Crippen molar-refractivity contribution >= 4 is 16.8 Å². The fraction of sp³-hybridized carbons (Fsp3) is 0.286. The summed E-state index contributed by atoms with van der Waals surface area (Å²) in [5.74, 6) is -0.132. The van der Waals surface area contributed by atoms with Gasteiger partial charge in [-0.3, -0.25) is 9.59 Å². The number of para-hydroxylation sites is 1. The average Bonchev–Trinajstić information content (AvgIpc) is 2.35. The van der Waals surface area contributed by atoms with Gasteiger partial charge in [-0.2, -0.15) is 0 Å². The van der Waals surface area contributed by atoms with E-state index >= 15 is 0 Å². The summed E-state index contributed by atoms with van der Waals surface area (Å²) in [6.45, 7) is 3.90. The van der Waals surface area contributed by atoms with Gasteiger partial charge in [-0.15, -0.1) is 0 Å². The molecule has 0 fully saturated rings. The minimum Gasteiger partial charge on any atom is -0.352 e. The van der Waals surface area contributed by atoms with Gasteiger partial charge in [0.2, 0.25) is 5.91 Å². The third kappa shape index (κ3) is 2.59. The van der Waals surface area contributed by atoms with Crippen LogP contribution < -0.4 is 10.9 Å². The average molecular weight is 244 g/mol. The Balaban J connectivity index is 2.26. The monoisotopic (exact) mass is 244 g/mol. The smallest absolute Gasteiger partial charge is 0.253 e. The number of hydrogen-bond donors (Lipinski definition) is 2. The largest absolute Gasteiger partial charge is 0.352 e. The molecule has 0 radical (unpaired) electrons. The van der Waals surface area contributed by atoms with Crippen LogP contribution in [0, 0.1) is 5.92 Å². The molecule has 2 aromatic rings. The molecule has 18 heavy (non-hydrogen) atoms. The van der Waals surface area contributed by atoms with Crippen molar-refractivity contribution < 1.29 is 4.79 Å². The number of amides is 1. The molecule has 1 heterocycles. The first-order chi connectivity index (χ1) is 8.58. The predicted molar refractivity (Wildman–Crippen MR) is 71.3 cm³/mol. The van der Waals surface area contributed by atoms with Crippen LogP contribution in [0.1, 0.15) is 19.4 Å². The maximum atomic E-state index is 11.8. The summed E-state index contributed by atoms with van der Waals surface area (Å²) in [7, 11) is 0. The van der Waals surface area contributed by atoms with Crippen molar-refractivity contribution in [3.63, 3.8) is 0 Å². The second-order valence-corrected chi connectivity index (χ2v) is 4.58. The van der Waals surface area contributed by atoms with Crippen LogP contribution >= 0.6 is 0 Å². The quantitative estimate of drug-likeness (QED) is 0.864. The van der Waals surface area contributed by atoms with Gasteiger partial charge in [-0.05, 0) is 17.5 Å². The number of rotatable bonds is 3. The molecule has 0 saturated heterocycles. The molecular formula is C14H16N2O2. The second kappa shape index (κ2) is 5.04. The minimum atomic E-state index is -0.155. The molecular weight excluding hydrogens is 228 g/mol. The van der Waals surface area contributed by atoms with E-state index in [-0.39, 0.29) is 23.9 Å². The summed E-state index contributed by atoms with van der Waals surface area (Å²) < 4.78 is 0. The van der Waals surface area contributed by atoms with Gasteiger partial charge in [0, 0.05) is 23.5 Å². The van der Waals surface area contributed by atoms with E-state index in [1.54, 1.807) is 0 Å². The zero-order valence-electron chi connectivity index (χ0n) is 10.5. The van der Waals surface area contributed by atoms with E-state index in [1.165, 1.54) is 0 Å². The number of carbonyl (C=O) groups is 1. The number of hydrogen-bond acceptors (Lipinski definition) is 2. The summed E-state index contributed by atoms with van der Waals surface area (Å²) >= 11 is 0. The van der Waals surface area contributed by atoms with Gasteiger partial charge in [0.25, 0.3) is 5.56 Å². The Bertz CT molecular complexity index is 629. The lowest BCUT2D eigenvalue weighted by atomic mass is 10.1. The zero-order valence-corrected chi connectivity index (χ0v) is 10.5. The number of pyridine rings is 1. The first-order valence-electron chi connectivity index (χ1n) is 5.96. The highest BCUT2D eigenvalue weighted by atomic mass is 16.2. The molecule has 0 aliphatic rings. The third-order valence-corrected chi connectivity index (χ3v) is 2.81. The Morgan fingerprint density at radius 1 is 1.33 bits per heavy atom. The van der Waals surface area contributed by atoms with Crippen molar-refractivity contribution in [2.75, 3.05) is 0 Å². The van der Waals surface area contributed by atoms with Crippen molar-refractivity contribution in [1.29, 1.82) is 0 Å². The topological polar surface area (TPSA) is 62.0 Å². The highest BCUT2D eigenvalue weighted by Crippen LogP contribution is 2.09. The van der Waals surface area contributed by atoms with Crippen LogP contribution in [0.25, 0.3) is 10.9 Å². The first-order valence-corrected chi connectivity index (χ1v) is 5.96. The standard InChI is InChI=1S/C14H16N2O2/c1-9(2)13(17)15-8-11-7-10-5-3-4-6-12(10)16-14(11)18/h3-7,9H,8H2,1-2H3,(H,15,17)(H,16,18). The van der Waals surface area contributed by atoms with Crippen LogP contribution in [0.5, 0.6) is 0 Å². The summed E-state index contributed by atoms with van der Waals surface area (Å²) in [6.07, 6.45) is 0. The van der Waals surface area contributed by atoms with Crippen molar-refractivity contribution in [3.05, 3.63) is 46.2 Å². The number of fused-ring (bicyclic) bond motifs is 1. The Labute approximate surface area is 105 Å². The number of H-pyrrole nitrogens is 1. The van der Waals surface area contributed by atoms with E-state index < -0.39 is 0 Å². The molecule has 0 saturated carbocycles. The molecule has 0 bridgehead atoms. The number of carbonyl (C=O) groups excluding carboxylic acids is 1. The fourth-order valence-electron chi connectivity index (χ4n) is 1.71. The minimum absolute atomic E-state index is 0.0532. The Morgan fingerprint density at radius 3 is 2.78 bits per heavy atom. The maximum Gasteiger partial charge on any atom is 0.253 e. The summed E-state index contributed by atoms with van der Waals surface area (Å²) in [4.78, 5) is 26.1. The van der Waals surface area contributed by atoms with Gasteiger partial charge in [0.15, 0.2) is 0 Å². The number of aromatic amines is 1. The molecule has 2 rings (SSSR count). The van der Waals surface area contributed by atoms with Gasteiger partial charge in [-0.1, -0.05) is 32.0 Å². The van der Waals surface area contributed by atoms with Crippen LogP contribution in [0.4, 0.5) is 0 Å². The van der Waals surface area contributed by atoms with Gasteiger partial charge in [0.05, 0.1) is 0 Å². The lowest BCUT2D eigenvalue weighted by Crippen LogP contribution is -2.29. The van der Waals surface area contributed by atoms with E-state index in [4.69, 9.17) is 0 Å². The highest BCUT2D eigenvalue weighted by molar-refractivity contribution is 5.79. The fourth-order valence-corrected chi connectivity index (χ4v) is 1.71. The van der Waals surface area contributed by atoms with Crippen LogP contribution in [-0.4, -0.2) is 10.9 Å². The Kier molecular flexibility index (Phi) is 3.46. The summed E-state index contributed by atoms with van der Waals surface area (Å²) in [6, 6.07) is 9.39. The zero-order chi connectivity index (χ0) is 13.1. The molecule has 94 valence electrons. The SMILES string of the molecule is CC(C)C(=O)NCc1cc2ccccc2[nH]c1=O. The molecule has 1 aromatic heterocycles. The van der Waals surface area contributed by atoms with Gasteiger partial charge in [-0.25, -0.2) is 0 Å². The maximum absolute atomic E-state index is 11.8. The van der Waals surface area contributed by atoms with E-state index in [9.17, 15) is 9.59 Å². The second-order valence-electron chi connectivity index (χ2n) is 4.58. The van der Waals surface area contributed by atoms with E-state index in [2.05, 4.69) is 10.3 Å². The Morgan fingerprint density at radius 2 is 2.06 bits per heavy atom. The highest BCUT2D eigenvalue weighted by Gasteiger charge is 2.08.